The number of halogens is 1. The standard InChI is InChI=1S/C7H7BrN2O2/c8-6-2-1-4(9)5(10-6)3-7(11)12/h1-2H,3,9H2,(H,11,12). The van der Waals surface area contributed by atoms with Gasteiger partial charge in [-0.25, -0.2) is 4.98 Å². The lowest BCUT2D eigenvalue weighted by Gasteiger charge is -2.01. The molecule has 1 aromatic heterocycles. The van der Waals surface area contributed by atoms with Crippen LogP contribution in [0.3, 0.4) is 0 Å². The summed E-state index contributed by atoms with van der Waals surface area (Å²) in [4.78, 5) is 14.2. The predicted molar refractivity (Wildman–Crippen MR) is 47.7 cm³/mol. The number of aliphatic carboxylic acids is 1. The molecule has 12 heavy (non-hydrogen) atoms. The SMILES string of the molecule is Nc1ccc(Br)nc1CC(=O)O. The van der Waals surface area contributed by atoms with Crippen LogP contribution < -0.4 is 5.73 Å². The number of carboxylic acid groups (broad SMARTS) is 1. The first kappa shape index (κ1) is 8.99. The summed E-state index contributed by atoms with van der Waals surface area (Å²) < 4.78 is 0.591. The van der Waals surface area contributed by atoms with Crippen LogP contribution in [0, 0.1) is 0 Å². The van der Waals surface area contributed by atoms with Crippen LogP contribution in [0.1, 0.15) is 5.69 Å². The third-order valence-corrected chi connectivity index (χ3v) is 1.74. The van der Waals surface area contributed by atoms with Crippen LogP contribution in [-0.4, -0.2) is 16.1 Å². The Kier molecular flexibility index (Phi) is 2.65. The number of aromatic nitrogens is 1. The largest absolute Gasteiger partial charge is 0.481 e. The number of anilines is 1. The minimum Gasteiger partial charge on any atom is -0.481 e. The van der Waals surface area contributed by atoms with Gasteiger partial charge in [0.05, 0.1) is 17.8 Å². The van der Waals surface area contributed by atoms with Crippen molar-refractivity contribution in [3.8, 4) is 0 Å². The molecule has 3 N–H and O–H groups in total. The number of nitrogens with zero attached hydrogens (tertiary/aromatic N) is 1. The molecule has 0 aliphatic rings. The fraction of sp³-hybridized carbons (Fsp3) is 0.143. The van der Waals surface area contributed by atoms with Gasteiger partial charge in [-0.05, 0) is 28.1 Å². The van der Waals surface area contributed by atoms with Gasteiger partial charge in [-0.2, -0.15) is 0 Å². The maximum absolute atomic E-state index is 10.3. The van der Waals surface area contributed by atoms with E-state index in [1.807, 2.05) is 0 Å². The highest BCUT2D eigenvalue weighted by Crippen LogP contribution is 2.14. The molecule has 0 aliphatic carbocycles. The summed E-state index contributed by atoms with van der Waals surface area (Å²) in [5, 5.41) is 8.47. The minimum atomic E-state index is -0.938. The van der Waals surface area contributed by atoms with E-state index in [4.69, 9.17) is 10.8 Å². The van der Waals surface area contributed by atoms with E-state index in [-0.39, 0.29) is 6.42 Å². The Balaban J connectivity index is 2.97. The first-order valence-corrected chi connectivity index (χ1v) is 4.01. The average molecular weight is 231 g/mol. The van der Waals surface area contributed by atoms with Gasteiger partial charge < -0.3 is 10.8 Å². The van der Waals surface area contributed by atoms with E-state index in [0.29, 0.717) is 16.0 Å². The van der Waals surface area contributed by atoms with Gasteiger partial charge in [0.25, 0.3) is 0 Å². The van der Waals surface area contributed by atoms with E-state index in [2.05, 4.69) is 20.9 Å². The minimum absolute atomic E-state index is 0.148. The van der Waals surface area contributed by atoms with Crippen molar-refractivity contribution in [1.82, 2.24) is 4.98 Å². The molecule has 0 saturated heterocycles. The molecule has 5 heteroatoms. The number of nitrogens with two attached hydrogens (primary N) is 1. The van der Waals surface area contributed by atoms with Gasteiger partial charge in [-0.1, -0.05) is 0 Å². The summed E-state index contributed by atoms with van der Waals surface area (Å²) in [6.45, 7) is 0. The zero-order chi connectivity index (χ0) is 9.14. The fourth-order valence-corrected chi connectivity index (χ4v) is 1.12. The van der Waals surface area contributed by atoms with E-state index in [0.717, 1.165) is 0 Å². The summed E-state index contributed by atoms with van der Waals surface area (Å²) in [6.07, 6.45) is -0.148. The molecule has 0 aromatic carbocycles. The van der Waals surface area contributed by atoms with Gasteiger partial charge in [0.1, 0.15) is 4.60 Å². The van der Waals surface area contributed by atoms with Crippen LogP contribution in [0.15, 0.2) is 16.7 Å². The molecule has 64 valence electrons. The van der Waals surface area contributed by atoms with Crippen LogP contribution in [0.5, 0.6) is 0 Å². The maximum atomic E-state index is 10.3. The molecule has 0 radical (unpaired) electrons. The van der Waals surface area contributed by atoms with Gasteiger partial charge in [0, 0.05) is 0 Å². The number of carbonyl (C=O) groups is 1. The third-order valence-electron chi connectivity index (χ3n) is 1.29. The quantitative estimate of drug-likeness (QED) is 0.746. The van der Waals surface area contributed by atoms with Crippen molar-refractivity contribution < 1.29 is 9.90 Å². The summed E-state index contributed by atoms with van der Waals surface area (Å²) in [6, 6.07) is 3.29. The molecular weight excluding hydrogens is 224 g/mol. The Hall–Kier alpha value is -1.10. The van der Waals surface area contributed by atoms with Crippen molar-refractivity contribution in [3.05, 3.63) is 22.4 Å². The molecule has 0 amide bonds. The van der Waals surface area contributed by atoms with Crippen molar-refractivity contribution in [3.63, 3.8) is 0 Å². The average Bonchev–Trinajstić information content (AvgIpc) is 1.96. The number of carboxylic acids is 1. The molecule has 1 rings (SSSR count). The van der Waals surface area contributed by atoms with Crippen LogP contribution in [0.25, 0.3) is 0 Å². The first-order chi connectivity index (χ1) is 5.59. The maximum Gasteiger partial charge on any atom is 0.309 e. The number of hydrogen-bond donors (Lipinski definition) is 2. The van der Waals surface area contributed by atoms with Crippen molar-refractivity contribution >= 4 is 27.6 Å². The monoisotopic (exact) mass is 230 g/mol. The van der Waals surface area contributed by atoms with Crippen LogP contribution >= 0.6 is 15.9 Å². The Bertz CT molecular complexity index is 314. The van der Waals surface area contributed by atoms with Gasteiger partial charge >= 0.3 is 5.97 Å². The molecular formula is C7H7BrN2O2. The van der Waals surface area contributed by atoms with E-state index >= 15 is 0 Å². The third kappa shape index (κ3) is 2.20. The van der Waals surface area contributed by atoms with Crippen molar-refractivity contribution in [2.45, 2.75) is 6.42 Å². The molecule has 0 atom stereocenters. The van der Waals surface area contributed by atoms with Crippen molar-refractivity contribution in [1.29, 1.82) is 0 Å². The Morgan fingerprint density at radius 3 is 2.92 bits per heavy atom. The van der Waals surface area contributed by atoms with Crippen LogP contribution in [0.2, 0.25) is 0 Å². The lowest BCUT2D eigenvalue weighted by molar-refractivity contribution is -0.136. The molecule has 0 saturated carbocycles. The van der Waals surface area contributed by atoms with Gasteiger partial charge in [-0.3, -0.25) is 4.79 Å². The summed E-state index contributed by atoms with van der Waals surface area (Å²) in [7, 11) is 0. The molecule has 0 bridgehead atoms. The Morgan fingerprint density at radius 2 is 2.33 bits per heavy atom. The van der Waals surface area contributed by atoms with Gasteiger partial charge in [-0.15, -0.1) is 0 Å². The van der Waals surface area contributed by atoms with Crippen LogP contribution in [-0.2, 0) is 11.2 Å². The second-order valence-electron chi connectivity index (χ2n) is 2.24. The summed E-state index contributed by atoms with van der Waals surface area (Å²) >= 11 is 3.13. The lowest BCUT2D eigenvalue weighted by Crippen LogP contribution is -2.05. The zero-order valence-corrected chi connectivity index (χ0v) is 7.71. The highest BCUT2D eigenvalue weighted by atomic mass is 79.9. The molecule has 4 nitrogen and oxygen atoms in total. The molecule has 1 aromatic rings. The molecule has 0 unspecified atom stereocenters. The van der Waals surface area contributed by atoms with Crippen molar-refractivity contribution in [2.75, 3.05) is 5.73 Å². The summed E-state index contributed by atoms with van der Waals surface area (Å²) in [5.41, 5.74) is 6.28. The second kappa shape index (κ2) is 3.53. The number of pyridine rings is 1. The second-order valence-corrected chi connectivity index (χ2v) is 3.05. The van der Waals surface area contributed by atoms with E-state index in [1.54, 1.807) is 12.1 Å². The lowest BCUT2D eigenvalue weighted by atomic mass is 10.2. The van der Waals surface area contributed by atoms with E-state index in [1.165, 1.54) is 0 Å². The van der Waals surface area contributed by atoms with Gasteiger partial charge in [0.2, 0.25) is 0 Å². The molecule has 0 aliphatic heterocycles. The highest BCUT2D eigenvalue weighted by molar-refractivity contribution is 9.10. The van der Waals surface area contributed by atoms with E-state index < -0.39 is 5.97 Å². The fourth-order valence-electron chi connectivity index (χ4n) is 0.770. The van der Waals surface area contributed by atoms with Gasteiger partial charge in [0.15, 0.2) is 0 Å². The smallest absolute Gasteiger partial charge is 0.309 e. The number of nitrogen functional groups attached to an aromatic ring is 1. The Morgan fingerprint density at radius 1 is 1.67 bits per heavy atom. The Labute approximate surface area is 77.5 Å². The molecule has 1 heterocycles. The first-order valence-electron chi connectivity index (χ1n) is 3.22. The normalized spacial score (nSPS) is 9.75. The van der Waals surface area contributed by atoms with Crippen LogP contribution in [0.4, 0.5) is 5.69 Å². The topological polar surface area (TPSA) is 76.2 Å². The summed E-state index contributed by atoms with van der Waals surface area (Å²) in [5.74, 6) is -0.938. The highest BCUT2D eigenvalue weighted by Gasteiger charge is 2.06. The van der Waals surface area contributed by atoms with E-state index in [9.17, 15) is 4.79 Å². The molecule has 0 fully saturated rings. The van der Waals surface area contributed by atoms with Crippen molar-refractivity contribution in [2.24, 2.45) is 0 Å². The zero-order valence-electron chi connectivity index (χ0n) is 6.12. The number of rotatable bonds is 2. The predicted octanol–water partition coefficient (Wildman–Crippen LogP) is 1.05. The number of hydrogen-bond acceptors (Lipinski definition) is 3. The molecule has 0 spiro atoms.